The fraction of sp³-hybridized carbons (Fsp3) is 0.143. The highest BCUT2D eigenvalue weighted by atomic mass is 35.5. The largest absolute Gasteiger partial charge is 0.310 e. The number of aromatic amines is 1. The summed E-state index contributed by atoms with van der Waals surface area (Å²) in [6.07, 6.45) is 0.575. The second-order valence-corrected chi connectivity index (χ2v) is 5.56. The molecule has 1 aromatic carbocycles. The molecule has 0 unspecified atom stereocenters. The first-order valence-electron chi connectivity index (χ1n) is 5.92. The maximum absolute atomic E-state index is 12.0. The fourth-order valence-corrected chi connectivity index (χ4v) is 3.16. The molecule has 3 aromatic rings. The van der Waals surface area contributed by atoms with E-state index in [4.69, 9.17) is 11.6 Å². The van der Waals surface area contributed by atoms with Crippen LogP contribution in [0.15, 0.2) is 41.2 Å². The monoisotopic (exact) mass is 290 g/mol. The molecular weight excluding hydrogens is 280 g/mol. The molecule has 0 atom stereocenters. The van der Waals surface area contributed by atoms with Crippen molar-refractivity contribution in [2.45, 2.75) is 6.42 Å². The lowest BCUT2D eigenvalue weighted by Gasteiger charge is -1.96. The standard InChI is InChI=1S/C14H11ClN2OS/c15-7-6-12-16-13(18)10-8-11(19-14(10)17-12)9-4-2-1-3-5-9/h1-5,8H,6-7H2,(H,16,17,18). The molecule has 5 heteroatoms. The van der Waals surface area contributed by atoms with Gasteiger partial charge in [-0.15, -0.1) is 22.9 Å². The highest BCUT2D eigenvalue weighted by Crippen LogP contribution is 2.30. The van der Waals surface area contributed by atoms with Crippen LogP contribution in [0, 0.1) is 0 Å². The van der Waals surface area contributed by atoms with Crippen LogP contribution in [0.25, 0.3) is 20.7 Å². The van der Waals surface area contributed by atoms with Crippen molar-refractivity contribution in [1.29, 1.82) is 0 Å². The van der Waals surface area contributed by atoms with Gasteiger partial charge in [0.2, 0.25) is 0 Å². The highest BCUT2D eigenvalue weighted by molar-refractivity contribution is 7.21. The number of H-pyrrole nitrogens is 1. The van der Waals surface area contributed by atoms with Gasteiger partial charge in [-0.05, 0) is 11.6 Å². The molecule has 0 saturated carbocycles. The topological polar surface area (TPSA) is 45.8 Å². The van der Waals surface area contributed by atoms with Gasteiger partial charge in [0.1, 0.15) is 10.7 Å². The molecule has 0 aliphatic rings. The molecule has 0 saturated heterocycles. The summed E-state index contributed by atoms with van der Waals surface area (Å²) < 4.78 is 0. The zero-order valence-electron chi connectivity index (χ0n) is 10.0. The molecule has 0 amide bonds. The molecule has 3 nitrogen and oxygen atoms in total. The van der Waals surface area contributed by atoms with Crippen LogP contribution in [-0.4, -0.2) is 15.8 Å². The third-order valence-electron chi connectivity index (χ3n) is 2.84. The van der Waals surface area contributed by atoms with Gasteiger partial charge in [0.25, 0.3) is 5.56 Å². The number of nitrogens with one attached hydrogen (secondary N) is 1. The summed E-state index contributed by atoms with van der Waals surface area (Å²) in [6.45, 7) is 0. The molecule has 19 heavy (non-hydrogen) atoms. The van der Waals surface area contributed by atoms with Crippen LogP contribution < -0.4 is 5.56 Å². The number of aryl methyl sites for hydroxylation is 1. The number of nitrogens with zero attached hydrogens (tertiary/aromatic N) is 1. The minimum atomic E-state index is -0.0939. The second-order valence-electron chi connectivity index (χ2n) is 4.15. The predicted octanol–water partition coefficient (Wildman–Crippen LogP) is 3.43. The third kappa shape index (κ3) is 2.41. The quantitative estimate of drug-likeness (QED) is 0.751. The number of fused-ring (bicyclic) bond motifs is 1. The van der Waals surface area contributed by atoms with Crippen LogP contribution in [0.2, 0.25) is 0 Å². The first-order chi connectivity index (χ1) is 9.28. The SMILES string of the molecule is O=c1[nH]c(CCCl)nc2sc(-c3ccccc3)cc12. The van der Waals surface area contributed by atoms with Crippen LogP contribution in [0.5, 0.6) is 0 Å². The first-order valence-corrected chi connectivity index (χ1v) is 7.27. The van der Waals surface area contributed by atoms with E-state index < -0.39 is 0 Å². The third-order valence-corrected chi connectivity index (χ3v) is 4.11. The Bertz CT molecular complexity index is 764. The number of halogens is 1. The molecule has 2 aromatic heterocycles. The van der Waals surface area contributed by atoms with E-state index in [0.29, 0.717) is 23.5 Å². The summed E-state index contributed by atoms with van der Waals surface area (Å²) in [5.41, 5.74) is 1.01. The van der Waals surface area contributed by atoms with Gasteiger partial charge in [0.05, 0.1) is 5.39 Å². The van der Waals surface area contributed by atoms with Crippen LogP contribution in [-0.2, 0) is 6.42 Å². The molecule has 0 aliphatic carbocycles. The zero-order valence-corrected chi connectivity index (χ0v) is 11.6. The number of thiophene rings is 1. The minimum Gasteiger partial charge on any atom is -0.310 e. The van der Waals surface area contributed by atoms with Gasteiger partial charge in [-0.2, -0.15) is 0 Å². The number of benzene rings is 1. The lowest BCUT2D eigenvalue weighted by atomic mass is 10.2. The van der Waals surface area contributed by atoms with Gasteiger partial charge in [0, 0.05) is 17.2 Å². The summed E-state index contributed by atoms with van der Waals surface area (Å²) in [5.74, 6) is 1.10. The van der Waals surface area contributed by atoms with Crippen molar-refractivity contribution < 1.29 is 0 Å². The fourth-order valence-electron chi connectivity index (χ4n) is 1.93. The van der Waals surface area contributed by atoms with E-state index in [1.165, 1.54) is 11.3 Å². The predicted molar refractivity (Wildman–Crippen MR) is 80.1 cm³/mol. The maximum atomic E-state index is 12.0. The van der Waals surface area contributed by atoms with E-state index in [0.717, 1.165) is 15.3 Å². The van der Waals surface area contributed by atoms with Crippen LogP contribution in [0.1, 0.15) is 5.82 Å². The van der Waals surface area contributed by atoms with E-state index in [9.17, 15) is 4.79 Å². The molecule has 2 heterocycles. The molecule has 0 fully saturated rings. The Balaban J connectivity index is 2.16. The highest BCUT2D eigenvalue weighted by Gasteiger charge is 2.09. The van der Waals surface area contributed by atoms with E-state index in [-0.39, 0.29) is 5.56 Å². The summed E-state index contributed by atoms with van der Waals surface area (Å²) in [4.78, 5) is 21.0. The smallest absolute Gasteiger partial charge is 0.259 e. The van der Waals surface area contributed by atoms with E-state index in [1.807, 2.05) is 36.4 Å². The normalized spacial score (nSPS) is 11.0. The van der Waals surface area contributed by atoms with E-state index in [1.54, 1.807) is 0 Å². The second kappa shape index (κ2) is 5.15. The average molecular weight is 291 g/mol. The Morgan fingerprint density at radius 3 is 2.79 bits per heavy atom. The lowest BCUT2D eigenvalue weighted by molar-refractivity contribution is 0.953. The van der Waals surface area contributed by atoms with Crippen molar-refractivity contribution in [3.8, 4) is 10.4 Å². The Kier molecular flexibility index (Phi) is 3.36. The Morgan fingerprint density at radius 2 is 2.05 bits per heavy atom. The van der Waals surface area contributed by atoms with Crippen molar-refractivity contribution >= 4 is 33.2 Å². The molecule has 0 spiro atoms. The van der Waals surface area contributed by atoms with Gasteiger partial charge in [-0.3, -0.25) is 4.79 Å². The summed E-state index contributed by atoms with van der Waals surface area (Å²) >= 11 is 7.21. The van der Waals surface area contributed by atoms with Crippen molar-refractivity contribution in [2.75, 3.05) is 5.88 Å². The molecule has 0 radical (unpaired) electrons. The molecule has 96 valence electrons. The van der Waals surface area contributed by atoms with Gasteiger partial charge < -0.3 is 4.98 Å². The Hall–Kier alpha value is -1.65. The van der Waals surface area contributed by atoms with Gasteiger partial charge in [-0.25, -0.2) is 4.98 Å². The van der Waals surface area contributed by atoms with Gasteiger partial charge in [-0.1, -0.05) is 30.3 Å². The van der Waals surface area contributed by atoms with Gasteiger partial charge >= 0.3 is 0 Å². The Labute approximate surface area is 118 Å². The first kappa shape index (κ1) is 12.4. The number of aromatic nitrogens is 2. The van der Waals surface area contributed by atoms with Gasteiger partial charge in [0.15, 0.2) is 0 Å². The molecular formula is C14H11ClN2OS. The molecule has 0 aliphatic heterocycles. The number of alkyl halides is 1. The van der Waals surface area contributed by atoms with Crippen LogP contribution in [0.3, 0.4) is 0 Å². The van der Waals surface area contributed by atoms with Crippen LogP contribution in [0.4, 0.5) is 0 Å². The average Bonchev–Trinajstić information content (AvgIpc) is 2.85. The maximum Gasteiger partial charge on any atom is 0.259 e. The van der Waals surface area contributed by atoms with E-state index >= 15 is 0 Å². The zero-order chi connectivity index (χ0) is 13.2. The summed E-state index contributed by atoms with van der Waals surface area (Å²) in [7, 11) is 0. The number of hydrogen-bond donors (Lipinski definition) is 1. The van der Waals surface area contributed by atoms with Crippen molar-refractivity contribution in [3.63, 3.8) is 0 Å². The molecule has 3 rings (SSSR count). The lowest BCUT2D eigenvalue weighted by Crippen LogP contribution is -2.10. The molecule has 0 bridgehead atoms. The van der Waals surface area contributed by atoms with Crippen molar-refractivity contribution in [2.24, 2.45) is 0 Å². The van der Waals surface area contributed by atoms with Crippen molar-refractivity contribution in [3.05, 3.63) is 52.6 Å². The minimum absolute atomic E-state index is 0.0939. The summed E-state index contributed by atoms with van der Waals surface area (Å²) in [6, 6.07) is 11.9. The number of hydrogen-bond acceptors (Lipinski definition) is 3. The van der Waals surface area contributed by atoms with Crippen LogP contribution >= 0.6 is 22.9 Å². The van der Waals surface area contributed by atoms with E-state index in [2.05, 4.69) is 9.97 Å². The summed E-state index contributed by atoms with van der Waals surface area (Å²) in [5, 5.41) is 0.641. The number of rotatable bonds is 3. The Morgan fingerprint density at radius 1 is 1.26 bits per heavy atom. The van der Waals surface area contributed by atoms with Crippen molar-refractivity contribution in [1.82, 2.24) is 9.97 Å². The molecule has 1 N–H and O–H groups in total.